The Hall–Kier alpha value is -3.41. The van der Waals surface area contributed by atoms with E-state index in [9.17, 15) is 9.59 Å². The van der Waals surface area contributed by atoms with Crippen molar-refractivity contribution < 1.29 is 4.79 Å². The zero-order valence-corrected chi connectivity index (χ0v) is 15.6. The summed E-state index contributed by atoms with van der Waals surface area (Å²) in [4.78, 5) is 26.5. The Morgan fingerprint density at radius 2 is 1.81 bits per heavy atom. The summed E-state index contributed by atoms with van der Waals surface area (Å²) in [6, 6.07) is 18.3. The van der Waals surface area contributed by atoms with Crippen molar-refractivity contribution in [2.75, 3.05) is 24.3 Å². The molecule has 2 aromatic carbocycles. The van der Waals surface area contributed by atoms with Crippen LogP contribution in [0.25, 0.3) is 11.3 Å². The molecule has 0 fully saturated rings. The summed E-state index contributed by atoms with van der Waals surface area (Å²) in [5, 5.41) is 7.14. The molecular weight excluding hydrogens is 340 g/mol. The van der Waals surface area contributed by atoms with Crippen molar-refractivity contribution in [3.8, 4) is 11.3 Å². The Morgan fingerprint density at radius 1 is 1.07 bits per heavy atom. The van der Waals surface area contributed by atoms with Gasteiger partial charge in [-0.3, -0.25) is 9.59 Å². The van der Waals surface area contributed by atoms with Gasteiger partial charge >= 0.3 is 0 Å². The van der Waals surface area contributed by atoms with Gasteiger partial charge in [0, 0.05) is 37.1 Å². The molecule has 1 N–H and O–H groups in total. The number of carbonyl (C=O) groups is 1. The first-order valence-electron chi connectivity index (χ1n) is 8.65. The lowest BCUT2D eigenvalue weighted by Crippen LogP contribution is -2.29. The van der Waals surface area contributed by atoms with Crippen molar-refractivity contribution >= 4 is 17.3 Å². The second-order valence-electron chi connectivity index (χ2n) is 6.52. The van der Waals surface area contributed by atoms with Gasteiger partial charge in [-0.2, -0.15) is 5.10 Å². The van der Waals surface area contributed by atoms with E-state index in [1.807, 2.05) is 74.4 Å². The highest BCUT2D eigenvalue weighted by molar-refractivity contribution is 5.90. The third kappa shape index (κ3) is 4.41. The second-order valence-corrected chi connectivity index (χ2v) is 6.52. The molecule has 3 aromatic rings. The third-order valence-electron chi connectivity index (χ3n) is 4.19. The lowest BCUT2D eigenvalue weighted by molar-refractivity contribution is -0.117. The van der Waals surface area contributed by atoms with Crippen molar-refractivity contribution in [2.24, 2.45) is 0 Å². The van der Waals surface area contributed by atoms with E-state index in [0.717, 1.165) is 16.8 Å². The van der Waals surface area contributed by atoms with E-state index in [-0.39, 0.29) is 18.0 Å². The number of nitrogens with one attached hydrogen (secondary N) is 1. The standard InChI is InChI=1S/C21H22N4O2/c1-15-13-17(9-11-19(15)24(2)3)22-20(26)14-25-21(27)12-10-18(23-25)16-7-5-4-6-8-16/h4-13H,14H2,1-3H3,(H,22,26). The smallest absolute Gasteiger partial charge is 0.267 e. The molecule has 1 heterocycles. The normalized spacial score (nSPS) is 10.5. The molecule has 0 saturated carbocycles. The van der Waals surface area contributed by atoms with Gasteiger partial charge in [0.15, 0.2) is 0 Å². The number of hydrogen-bond acceptors (Lipinski definition) is 4. The van der Waals surface area contributed by atoms with E-state index < -0.39 is 0 Å². The van der Waals surface area contributed by atoms with Crippen molar-refractivity contribution in [1.29, 1.82) is 0 Å². The largest absolute Gasteiger partial charge is 0.377 e. The zero-order valence-electron chi connectivity index (χ0n) is 15.6. The molecule has 138 valence electrons. The SMILES string of the molecule is Cc1cc(NC(=O)Cn2nc(-c3ccccc3)ccc2=O)ccc1N(C)C. The molecule has 6 heteroatoms. The second kappa shape index (κ2) is 7.86. The van der Waals surface area contributed by atoms with Crippen molar-refractivity contribution in [3.63, 3.8) is 0 Å². The highest BCUT2D eigenvalue weighted by atomic mass is 16.2. The number of anilines is 2. The monoisotopic (exact) mass is 362 g/mol. The number of amides is 1. The maximum Gasteiger partial charge on any atom is 0.267 e. The fourth-order valence-electron chi connectivity index (χ4n) is 2.90. The van der Waals surface area contributed by atoms with Gasteiger partial charge in [-0.15, -0.1) is 0 Å². The Balaban J connectivity index is 1.76. The van der Waals surface area contributed by atoms with E-state index in [2.05, 4.69) is 10.4 Å². The Kier molecular flexibility index (Phi) is 5.35. The predicted octanol–water partition coefficient (Wildman–Crippen LogP) is 2.92. The van der Waals surface area contributed by atoms with Gasteiger partial charge in [0.05, 0.1) is 5.69 Å². The molecule has 0 aliphatic carbocycles. The highest BCUT2D eigenvalue weighted by Gasteiger charge is 2.09. The van der Waals surface area contributed by atoms with E-state index in [1.54, 1.807) is 6.07 Å². The Labute approximate surface area is 158 Å². The third-order valence-corrected chi connectivity index (χ3v) is 4.19. The summed E-state index contributed by atoms with van der Waals surface area (Å²) >= 11 is 0. The summed E-state index contributed by atoms with van der Waals surface area (Å²) in [5.41, 5.74) is 4.05. The molecular formula is C21H22N4O2. The van der Waals surface area contributed by atoms with E-state index >= 15 is 0 Å². The average Bonchev–Trinajstić information content (AvgIpc) is 2.64. The Bertz CT molecular complexity index is 1010. The van der Waals surface area contributed by atoms with Gasteiger partial charge in [-0.05, 0) is 36.8 Å². The van der Waals surface area contributed by atoms with Crippen LogP contribution in [0.5, 0.6) is 0 Å². The number of nitrogens with zero attached hydrogens (tertiary/aromatic N) is 3. The molecule has 3 rings (SSSR count). The maximum atomic E-state index is 12.4. The minimum absolute atomic E-state index is 0.145. The average molecular weight is 362 g/mol. The van der Waals surface area contributed by atoms with Crippen LogP contribution in [0.2, 0.25) is 0 Å². The number of aromatic nitrogens is 2. The zero-order chi connectivity index (χ0) is 19.4. The van der Waals surface area contributed by atoms with Crippen molar-refractivity contribution in [1.82, 2.24) is 9.78 Å². The molecule has 0 aliphatic heterocycles. The number of benzene rings is 2. The molecule has 0 spiro atoms. The predicted molar refractivity (Wildman–Crippen MR) is 108 cm³/mol. The van der Waals surface area contributed by atoms with Crippen molar-refractivity contribution in [3.05, 3.63) is 76.6 Å². The molecule has 0 atom stereocenters. The minimum atomic E-state index is -0.316. The maximum absolute atomic E-state index is 12.4. The first kappa shape index (κ1) is 18.4. The van der Waals surface area contributed by atoms with Gasteiger partial charge < -0.3 is 10.2 Å². The molecule has 1 aromatic heterocycles. The molecule has 0 unspecified atom stereocenters. The summed E-state index contributed by atoms with van der Waals surface area (Å²) in [7, 11) is 3.94. The molecule has 0 bridgehead atoms. The lowest BCUT2D eigenvalue weighted by atomic mass is 10.1. The van der Waals surface area contributed by atoms with Crippen LogP contribution in [0.3, 0.4) is 0 Å². The highest BCUT2D eigenvalue weighted by Crippen LogP contribution is 2.21. The summed E-state index contributed by atoms with van der Waals surface area (Å²) in [5.74, 6) is -0.299. The van der Waals surface area contributed by atoms with Crippen LogP contribution in [0.15, 0.2) is 65.5 Å². The molecule has 0 saturated heterocycles. The van der Waals surface area contributed by atoms with E-state index in [0.29, 0.717) is 11.4 Å². The van der Waals surface area contributed by atoms with Gasteiger partial charge in [0.25, 0.3) is 5.56 Å². The van der Waals surface area contributed by atoms with Gasteiger partial charge in [0.1, 0.15) is 6.54 Å². The fourth-order valence-corrected chi connectivity index (χ4v) is 2.90. The first-order chi connectivity index (χ1) is 12.9. The molecule has 0 aliphatic rings. The van der Waals surface area contributed by atoms with Gasteiger partial charge in [-0.1, -0.05) is 30.3 Å². The van der Waals surface area contributed by atoms with Crippen LogP contribution in [0, 0.1) is 6.92 Å². The molecule has 27 heavy (non-hydrogen) atoms. The topological polar surface area (TPSA) is 67.2 Å². The number of carbonyl (C=O) groups excluding carboxylic acids is 1. The molecule has 0 radical (unpaired) electrons. The van der Waals surface area contributed by atoms with Gasteiger partial charge in [0.2, 0.25) is 5.91 Å². The van der Waals surface area contributed by atoms with E-state index in [4.69, 9.17) is 0 Å². The minimum Gasteiger partial charge on any atom is -0.377 e. The van der Waals surface area contributed by atoms with Crippen LogP contribution >= 0.6 is 0 Å². The van der Waals surface area contributed by atoms with Crippen molar-refractivity contribution in [2.45, 2.75) is 13.5 Å². The summed E-state index contributed by atoms with van der Waals surface area (Å²) < 4.78 is 1.18. The lowest BCUT2D eigenvalue weighted by Gasteiger charge is -2.16. The quantitative estimate of drug-likeness (QED) is 0.758. The first-order valence-corrected chi connectivity index (χ1v) is 8.65. The van der Waals surface area contributed by atoms with Gasteiger partial charge in [-0.25, -0.2) is 4.68 Å². The fraction of sp³-hybridized carbons (Fsp3) is 0.190. The Morgan fingerprint density at radius 3 is 2.48 bits per heavy atom. The summed E-state index contributed by atoms with van der Waals surface area (Å²) in [6.45, 7) is 1.84. The van der Waals surface area contributed by atoms with Crippen LogP contribution in [0.4, 0.5) is 11.4 Å². The van der Waals surface area contributed by atoms with Crippen LogP contribution in [-0.2, 0) is 11.3 Å². The number of aryl methyl sites for hydroxylation is 1. The molecule has 6 nitrogen and oxygen atoms in total. The van der Waals surface area contributed by atoms with Crippen LogP contribution < -0.4 is 15.8 Å². The number of hydrogen-bond donors (Lipinski definition) is 1. The van der Waals surface area contributed by atoms with Crippen LogP contribution in [0.1, 0.15) is 5.56 Å². The molecule has 1 amide bonds. The number of rotatable bonds is 5. The summed E-state index contributed by atoms with van der Waals surface area (Å²) in [6.07, 6.45) is 0. The van der Waals surface area contributed by atoms with Crippen LogP contribution in [-0.4, -0.2) is 29.8 Å². The van der Waals surface area contributed by atoms with E-state index in [1.165, 1.54) is 10.7 Å².